The first-order valence-electron chi connectivity index (χ1n) is 6.18. The highest BCUT2D eigenvalue weighted by atomic mass is 79.9. The molecular weight excluding hydrogens is 306 g/mol. The van der Waals surface area contributed by atoms with Gasteiger partial charge in [0, 0.05) is 29.8 Å². The second-order valence-corrected chi connectivity index (χ2v) is 5.18. The molecule has 1 atom stereocenters. The van der Waals surface area contributed by atoms with Crippen LogP contribution in [0.1, 0.15) is 24.9 Å². The smallest absolute Gasteiger partial charge is 0.222 e. The van der Waals surface area contributed by atoms with Crippen LogP contribution in [0.5, 0.6) is 0 Å². The lowest BCUT2D eigenvalue weighted by Gasteiger charge is -2.15. The predicted molar refractivity (Wildman–Crippen MR) is 77.5 cm³/mol. The molecule has 1 N–H and O–H groups in total. The van der Waals surface area contributed by atoms with Crippen LogP contribution in [0.2, 0.25) is 0 Å². The number of carbonyl (C=O) groups is 1. The Balaban J connectivity index is 1.87. The topological polar surface area (TPSA) is 46.9 Å². The highest BCUT2D eigenvalue weighted by Gasteiger charge is 2.11. The highest BCUT2D eigenvalue weighted by Crippen LogP contribution is 2.22. The van der Waals surface area contributed by atoms with Crippen LogP contribution in [-0.4, -0.2) is 15.7 Å². The Bertz CT molecular complexity index is 539. The molecule has 0 fully saturated rings. The van der Waals surface area contributed by atoms with Gasteiger partial charge in [0.2, 0.25) is 5.91 Å². The van der Waals surface area contributed by atoms with E-state index >= 15 is 0 Å². The minimum absolute atomic E-state index is 0.0132. The zero-order chi connectivity index (χ0) is 13.7. The van der Waals surface area contributed by atoms with Crippen molar-refractivity contribution in [3.63, 3.8) is 0 Å². The van der Waals surface area contributed by atoms with E-state index < -0.39 is 0 Å². The van der Waals surface area contributed by atoms with Crippen molar-refractivity contribution in [2.45, 2.75) is 25.9 Å². The van der Waals surface area contributed by atoms with E-state index in [2.05, 4.69) is 26.3 Å². The zero-order valence-corrected chi connectivity index (χ0v) is 12.3. The molecule has 1 aromatic heterocycles. The molecule has 1 aromatic carbocycles. The van der Waals surface area contributed by atoms with Gasteiger partial charge in [-0.05, 0) is 24.6 Å². The van der Waals surface area contributed by atoms with Crippen LogP contribution < -0.4 is 5.32 Å². The van der Waals surface area contributed by atoms with Crippen LogP contribution >= 0.6 is 15.9 Å². The molecule has 2 aromatic rings. The van der Waals surface area contributed by atoms with Gasteiger partial charge in [0.1, 0.15) is 0 Å². The lowest BCUT2D eigenvalue weighted by molar-refractivity contribution is -0.122. The number of nitrogens with one attached hydrogen (secondary N) is 1. The molecule has 0 saturated heterocycles. The second kappa shape index (κ2) is 6.52. The molecule has 5 heteroatoms. The fourth-order valence-electron chi connectivity index (χ4n) is 1.87. The lowest BCUT2D eigenvalue weighted by Crippen LogP contribution is -2.27. The van der Waals surface area contributed by atoms with Gasteiger partial charge in [-0.3, -0.25) is 9.48 Å². The third-order valence-electron chi connectivity index (χ3n) is 2.88. The molecule has 0 aliphatic carbocycles. The standard InChI is InChI=1S/C14H16BrN3O/c1-11(12-5-2-3-6-13(12)15)17-14(19)7-10-18-9-4-8-16-18/h2-6,8-9,11H,7,10H2,1H3,(H,17,19). The molecule has 0 saturated carbocycles. The van der Waals surface area contributed by atoms with E-state index in [0.29, 0.717) is 13.0 Å². The molecule has 0 spiro atoms. The van der Waals surface area contributed by atoms with Gasteiger partial charge in [-0.1, -0.05) is 34.1 Å². The number of amides is 1. The van der Waals surface area contributed by atoms with E-state index in [1.54, 1.807) is 10.9 Å². The molecular formula is C14H16BrN3O. The molecule has 0 aliphatic heterocycles. The molecule has 1 heterocycles. The van der Waals surface area contributed by atoms with E-state index in [4.69, 9.17) is 0 Å². The Labute approximate surface area is 120 Å². The van der Waals surface area contributed by atoms with Gasteiger partial charge in [0.15, 0.2) is 0 Å². The van der Waals surface area contributed by atoms with Crippen molar-refractivity contribution in [1.82, 2.24) is 15.1 Å². The summed E-state index contributed by atoms with van der Waals surface area (Å²) in [4.78, 5) is 11.9. The average Bonchev–Trinajstić information content (AvgIpc) is 2.90. The van der Waals surface area contributed by atoms with Crippen LogP contribution in [-0.2, 0) is 11.3 Å². The van der Waals surface area contributed by atoms with E-state index in [9.17, 15) is 4.79 Å². The third-order valence-corrected chi connectivity index (χ3v) is 3.60. The Morgan fingerprint density at radius 1 is 1.42 bits per heavy atom. The van der Waals surface area contributed by atoms with Crippen LogP contribution in [0.25, 0.3) is 0 Å². The molecule has 19 heavy (non-hydrogen) atoms. The normalized spacial score (nSPS) is 12.1. The summed E-state index contributed by atoms with van der Waals surface area (Å²) in [7, 11) is 0. The Morgan fingerprint density at radius 3 is 2.89 bits per heavy atom. The maximum Gasteiger partial charge on any atom is 0.222 e. The number of aromatic nitrogens is 2. The molecule has 0 aliphatic rings. The minimum Gasteiger partial charge on any atom is -0.349 e. The number of halogens is 1. The van der Waals surface area contributed by atoms with Crippen molar-refractivity contribution >= 4 is 21.8 Å². The SMILES string of the molecule is CC(NC(=O)CCn1cccn1)c1ccccc1Br. The molecule has 0 bridgehead atoms. The van der Waals surface area contributed by atoms with Gasteiger partial charge in [0.25, 0.3) is 0 Å². The Hall–Kier alpha value is -1.62. The van der Waals surface area contributed by atoms with E-state index in [0.717, 1.165) is 10.0 Å². The number of nitrogens with zero attached hydrogens (tertiary/aromatic N) is 2. The summed E-state index contributed by atoms with van der Waals surface area (Å²) in [5.74, 6) is 0.0266. The third kappa shape index (κ3) is 3.92. The summed E-state index contributed by atoms with van der Waals surface area (Å²) < 4.78 is 2.76. The van der Waals surface area contributed by atoms with Crippen molar-refractivity contribution < 1.29 is 4.79 Å². The van der Waals surface area contributed by atoms with Crippen molar-refractivity contribution in [2.75, 3.05) is 0 Å². The summed E-state index contributed by atoms with van der Waals surface area (Å²) in [5.41, 5.74) is 1.08. The first kappa shape index (κ1) is 13.8. The van der Waals surface area contributed by atoms with Gasteiger partial charge in [-0.15, -0.1) is 0 Å². The molecule has 4 nitrogen and oxygen atoms in total. The summed E-state index contributed by atoms with van der Waals surface area (Å²) >= 11 is 3.49. The van der Waals surface area contributed by atoms with Crippen LogP contribution in [0.4, 0.5) is 0 Å². The summed E-state index contributed by atoms with van der Waals surface area (Å²) in [6.45, 7) is 2.58. The predicted octanol–water partition coefficient (Wildman–Crippen LogP) is 2.91. The van der Waals surface area contributed by atoms with Gasteiger partial charge in [-0.2, -0.15) is 5.10 Å². The summed E-state index contributed by atoms with van der Waals surface area (Å²) in [6.07, 6.45) is 3.99. The first-order valence-corrected chi connectivity index (χ1v) is 6.97. The number of benzene rings is 1. The van der Waals surface area contributed by atoms with E-state index in [-0.39, 0.29) is 11.9 Å². The zero-order valence-electron chi connectivity index (χ0n) is 10.7. The van der Waals surface area contributed by atoms with E-state index in [1.165, 1.54) is 0 Å². The van der Waals surface area contributed by atoms with Gasteiger partial charge < -0.3 is 5.32 Å². The maximum absolute atomic E-state index is 11.9. The lowest BCUT2D eigenvalue weighted by atomic mass is 10.1. The van der Waals surface area contributed by atoms with Crippen LogP contribution in [0.15, 0.2) is 47.2 Å². The van der Waals surface area contributed by atoms with Crippen LogP contribution in [0, 0.1) is 0 Å². The van der Waals surface area contributed by atoms with Gasteiger partial charge >= 0.3 is 0 Å². The van der Waals surface area contributed by atoms with E-state index in [1.807, 2.05) is 43.5 Å². The van der Waals surface area contributed by atoms with Crippen LogP contribution in [0.3, 0.4) is 0 Å². The van der Waals surface area contributed by atoms with Crippen molar-refractivity contribution in [3.05, 3.63) is 52.8 Å². The molecule has 0 radical (unpaired) electrons. The van der Waals surface area contributed by atoms with Crippen molar-refractivity contribution in [2.24, 2.45) is 0 Å². The largest absolute Gasteiger partial charge is 0.349 e. The molecule has 1 amide bonds. The van der Waals surface area contributed by atoms with Gasteiger partial charge in [0.05, 0.1) is 6.04 Å². The highest BCUT2D eigenvalue weighted by molar-refractivity contribution is 9.10. The number of rotatable bonds is 5. The molecule has 2 rings (SSSR count). The molecule has 100 valence electrons. The summed E-state index contributed by atoms with van der Waals surface area (Å²) in [6, 6.07) is 9.73. The van der Waals surface area contributed by atoms with Crippen molar-refractivity contribution in [1.29, 1.82) is 0 Å². The first-order chi connectivity index (χ1) is 9.16. The number of carbonyl (C=O) groups excluding carboxylic acids is 1. The second-order valence-electron chi connectivity index (χ2n) is 4.33. The summed E-state index contributed by atoms with van der Waals surface area (Å²) in [5, 5.41) is 7.06. The average molecular weight is 322 g/mol. The Kier molecular flexibility index (Phi) is 4.74. The fraction of sp³-hybridized carbons (Fsp3) is 0.286. The number of aryl methyl sites for hydroxylation is 1. The fourth-order valence-corrected chi connectivity index (χ4v) is 2.49. The van der Waals surface area contributed by atoms with Crippen molar-refractivity contribution in [3.8, 4) is 0 Å². The maximum atomic E-state index is 11.9. The quantitative estimate of drug-likeness (QED) is 0.920. The monoisotopic (exact) mass is 321 g/mol. The Morgan fingerprint density at radius 2 is 2.21 bits per heavy atom. The minimum atomic E-state index is -0.0132. The number of hydrogen-bond acceptors (Lipinski definition) is 2. The van der Waals surface area contributed by atoms with Gasteiger partial charge in [-0.25, -0.2) is 0 Å². The molecule has 1 unspecified atom stereocenters. The number of hydrogen-bond donors (Lipinski definition) is 1.